The molecule has 0 N–H and O–H groups in total. The number of carbonyl (C=O) groups excluding carboxylic acids is 2. The summed E-state index contributed by atoms with van der Waals surface area (Å²) in [7, 11) is 0. The van der Waals surface area contributed by atoms with Gasteiger partial charge >= 0.3 is 5.97 Å². The molecule has 1 aromatic carbocycles. The average Bonchev–Trinajstić information content (AvgIpc) is 3.17. The zero-order valence-electron chi connectivity index (χ0n) is 17.3. The number of benzene rings is 1. The lowest BCUT2D eigenvalue weighted by Gasteiger charge is -2.32. The Morgan fingerprint density at radius 3 is 2.86 bits per heavy atom. The van der Waals surface area contributed by atoms with Crippen molar-refractivity contribution in [1.82, 2.24) is 4.98 Å². The molecule has 1 unspecified atom stereocenters. The molecule has 0 aliphatic carbocycles. The predicted molar refractivity (Wildman–Crippen MR) is 114 cm³/mol. The molecule has 0 radical (unpaired) electrons. The molecule has 0 fully saturated rings. The Bertz CT molecular complexity index is 864. The number of aryl methyl sites for hydroxylation is 1. The smallest absolute Gasteiger partial charge is 0.326 e. The van der Waals surface area contributed by atoms with Crippen molar-refractivity contribution in [1.29, 1.82) is 0 Å². The Kier molecular flexibility index (Phi) is 7.25. The summed E-state index contributed by atoms with van der Waals surface area (Å²) in [5.41, 5.74) is 2.35. The Morgan fingerprint density at radius 2 is 2.10 bits per heavy atom. The zero-order valence-corrected chi connectivity index (χ0v) is 18.1. The lowest BCUT2D eigenvalue weighted by Crippen LogP contribution is -2.47. The van der Waals surface area contributed by atoms with Gasteiger partial charge in [-0.25, -0.2) is 4.98 Å². The highest BCUT2D eigenvalue weighted by Crippen LogP contribution is 2.37. The van der Waals surface area contributed by atoms with Gasteiger partial charge < -0.3 is 9.47 Å². The second kappa shape index (κ2) is 9.87. The van der Waals surface area contributed by atoms with Crippen LogP contribution in [0.3, 0.4) is 0 Å². The number of thiazole rings is 1. The van der Waals surface area contributed by atoms with Crippen LogP contribution in [0.2, 0.25) is 0 Å². The first kappa shape index (κ1) is 21.3. The maximum Gasteiger partial charge on any atom is 0.326 e. The minimum Gasteiger partial charge on any atom is -0.479 e. The van der Waals surface area contributed by atoms with Gasteiger partial charge in [-0.1, -0.05) is 26.7 Å². The maximum atomic E-state index is 12.7. The quantitative estimate of drug-likeness (QED) is 0.441. The third-order valence-corrected chi connectivity index (χ3v) is 5.69. The monoisotopic (exact) mass is 416 g/mol. The van der Waals surface area contributed by atoms with Crippen LogP contribution in [0.15, 0.2) is 23.6 Å². The first-order chi connectivity index (χ1) is 14.0. The number of hydrogen-bond donors (Lipinski definition) is 0. The largest absolute Gasteiger partial charge is 0.479 e. The van der Waals surface area contributed by atoms with E-state index in [2.05, 4.69) is 18.8 Å². The molecule has 1 atom stereocenters. The van der Waals surface area contributed by atoms with Crippen LogP contribution in [-0.2, 0) is 20.7 Å². The van der Waals surface area contributed by atoms with Gasteiger partial charge in [0.15, 0.2) is 6.10 Å². The standard InChI is InChI=1S/C22H28N2O4S/c1-4-6-7-11-27-21(25)13-24-18-12-16(17-14-29-20(23-17)8-5-2)9-10-19(18)28-15(3)22(24)26/h9-10,12,14-15H,4-8,11,13H2,1-3H3. The fraction of sp³-hybridized carbons (Fsp3) is 0.500. The highest BCUT2D eigenvalue weighted by Gasteiger charge is 2.33. The van der Waals surface area contributed by atoms with E-state index in [0.29, 0.717) is 18.0 Å². The first-order valence-corrected chi connectivity index (χ1v) is 11.1. The molecule has 0 spiro atoms. The van der Waals surface area contributed by atoms with Gasteiger partial charge in [-0.3, -0.25) is 14.5 Å². The zero-order chi connectivity index (χ0) is 20.8. The number of anilines is 1. The second-order valence-electron chi connectivity index (χ2n) is 7.17. The van der Waals surface area contributed by atoms with Crippen molar-refractivity contribution >= 4 is 28.9 Å². The van der Waals surface area contributed by atoms with E-state index in [0.717, 1.165) is 48.4 Å². The van der Waals surface area contributed by atoms with Gasteiger partial charge in [0.25, 0.3) is 5.91 Å². The number of aromatic nitrogens is 1. The van der Waals surface area contributed by atoms with Crippen molar-refractivity contribution in [2.24, 2.45) is 0 Å². The van der Waals surface area contributed by atoms with Crippen LogP contribution >= 0.6 is 11.3 Å². The Morgan fingerprint density at radius 1 is 1.28 bits per heavy atom. The van der Waals surface area contributed by atoms with Gasteiger partial charge in [0, 0.05) is 10.9 Å². The van der Waals surface area contributed by atoms with E-state index < -0.39 is 12.1 Å². The van der Waals surface area contributed by atoms with E-state index in [4.69, 9.17) is 9.47 Å². The molecular weight excluding hydrogens is 388 g/mol. The molecular formula is C22H28N2O4S. The Hall–Kier alpha value is -2.41. The van der Waals surface area contributed by atoms with E-state index >= 15 is 0 Å². The summed E-state index contributed by atoms with van der Waals surface area (Å²) in [5.74, 6) is -0.0625. The molecule has 0 saturated carbocycles. The highest BCUT2D eigenvalue weighted by molar-refractivity contribution is 7.09. The third-order valence-electron chi connectivity index (χ3n) is 4.78. The fourth-order valence-electron chi connectivity index (χ4n) is 3.21. The number of fused-ring (bicyclic) bond motifs is 1. The van der Waals surface area contributed by atoms with Gasteiger partial charge in [-0.2, -0.15) is 0 Å². The number of hydrogen-bond acceptors (Lipinski definition) is 6. The molecule has 2 heterocycles. The first-order valence-electron chi connectivity index (χ1n) is 10.3. The predicted octanol–water partition coefficient (Wildman–Crippen LogP) is 4.61. The topological polar surface area (TPSA) is 68.7 Å². The molecule has 1 amide bonds. The summed E-state index contributed by atoms with van der Waals surface area (Å²) in [4.78, 5) is 31.2. The minimum absolute atomic E-state index is 0.118. The minimum atomic E-state index is -0.642. The Labute approximate surface area is 175 Å². The second-order valence-corrected chi connectivity index (χ2v) is 8.11. The maximum absolute atomic E-state index is 12.7. The van der Waals surface area contributed by atoms with Crippen LogP contribution < -0.4 is 9.64 Å². The molecule has 0 bridgehead atoms. The molecule has 1 aromatic heterocycles. The van der Waals surface area contributed by atoms with Crippen molar-refractivity contribution < 1.29 is 19.1 Å². The van der Waals surface area contributed by atoms with Crippen LogP contribution in [0.25, 0.3) is 11.3 Å². The molecule has 3 rings (SSSR count). The van der Waals surface area contributed by atoms with Crippen molar-refractivity contribution in [2.45, 2.75) is 59.0 Å². The van der Waals surface area contributed by atoms with Gasteiger partial charge in [0.1, 0.15) is 12.3 Å². The molecule has 156 valence electrons. The SMILES string of the molecule is CCCCCOC(=O)CN1C(=O)C(C)Oc2ccc(-c3csc(CCC)n3)cc21. The summed E-state index contributed by atoms with van der Waals surface area (Å²) in [5, 5.41) is 3.11. The Balaban J connectivity index is 1.81. The van der Waals surface area contributed by atoms with E-state index in [9.17, 15) is 9.59 Å². The number of carbonyl (C=O) groups is 2. The van der Waals surface area contributed by atoms with E-state index in [1.165, 1.54) is 4.90 Å². The summed E-state index contributed by atoms with van der Waals surface area (Å²) in [6.45, 7) is 6.18. The summed E-state index contributed by atoms with van der Waals surface area (Å²) >= 11 is 1.63. The third kappa shape index (κ3) is 5.15. The van der Waals surface area contributed by atoms with Crippen molar-refractivity contribution in [3.05, 3.63) is 28.6 Å². The van der Waals surface area contributed by atoms with Crippen LogP contribution in [0, 0.1) is 0 Å². The average molecular weight is 417 g/mol. The van der Waals surface area contributed by atoms with Crippen molar-refractivity contribution in [2.75, 3.05) is 18.1 Å². The van der Waals surface area contributed by atoms with Crippen LogP contribution in [0.1, 0.15) is 51.5 Å². The summed E-state index contributed by atoms with van der Waals surface area (Å²) < 4.78 is 11.0. The molecule has 29 heavy (non-hydrogen) atoms. The molecule has 1 aliphatic heterocycles. The van der Waals surface area contributed by atoms with Crippen molar-refractivity contribution in [3.8, 4) is 17.0 Å². The molecule has 7 heteroatoms. The number of nitrogens with zero attached hydrogens (tertiary/aromatic N) is 2. The van der Waals surface area contributed by atoms with Crippen LogP contribution in [0.4, 0.5) is 5.69 Å². The lowest BCUT2D eigenvalue weighted by molar-refractivity contribution is -0.143. The number of esters is 1. The van der Waals surface area contributed by atoms with Gasteiger partial charge in [0.2, 0.25) is 0 Å². The number of unbranched alkanes of at least 4 members (excludes halogenated alkanes) is 2. The van der Waals surface area contributed by atoms with E-state index in [-0.39, 0.29) is 12.5 Å². The van der Waals surface area contributed by atoms with Gasteiger partial charge in [0.05, 0.1) is 23.0 Å². The van der Waals surface area contributed by atoms with E-state index in [1.807, 2.05) is 23.6 Å². The molecule has 1 aliphatic rings. The van der Waals surface area contributed by atoms with E-state index in [1.54, 1.807) is 18.3 Å². The normalized spacial score (nSPS) is 15.8. The number of rotatable bonds is 9. The van der Waals surface area contributed by atoms with Gasteiger partial charge in [-0.15, -0.1) is 11.3 Å². The summed E-state index contributed by atoms with van der Waals surface area (Å²) in [6.07, 6.45) is 4.26. The highest BCUT2D eigenvalue weighted by atomic mass is 32.1. The number of amides is 1. The van der Waals surface area contributed by atoms with Crippen molar-refractivity contribution in [3.63, 3.8) is 0 Å². The lowest BCUT2D eigenvalue weighted by atomic mass is 10.1. The van der Waals surface area contributed by atoms with Crippen LogP contribution in [-0.4, -0.2) is 36.1 Å². The summed E-state index contributed by atoms with van der Waals surface area (Å²) in [6, 6.07) is 5.65. The van der Waals surface area contributed by atoms with Gasteiger partial charge in [-0.05, 0) is 44.4 Å². The molecule has 0 saturated heterocycles. The molecule has 6 nitrogen and oxygen atoms in total. The number of ether oxygens (including phenoxy) is 2. The molecule has 2 aromatic rings. The fourth-order valence-corrected chi connectivity index (χ4v) is 4.12. The van der Waals surface area contributed by atoms with Crippen LogP contribution in [0.5, 0.6) is 5.75 Å².